The van der Waals surface area contributed by atoms with Crippen molar-refractivity contribution in [3.8, 4) is 5.75 Å². The van der Waals surface area contributed by atoms with Gasteiger partial charge >= 0.3 is 0 Å². The van der Waals surface area contributed by atoms with Crippen LogP contribution in [-0.4, -0.2) is 31.2 Å². The van der Waals surface area contributed by atoms with Crippen LogP contribution in [0.2, 0.25) is 0 Å². The molecule has 4 heteroatoms. The second-order valence-corrected chi connectivity index (χ2v) is 3.82. The predicted molar refractivity (Wildman–Crippen MR) is 71.0 cm³/mol. The number of para-hydroxylation sites is 1. The summed E-state index contributed by atoms with van der Waals surface area (Å²) in [6, 6.07) is 7.58. The Hall–Kier alpha value is -1.81. The smallest absolute Gasteiger partial charge is 0.286 e. The topological polar surface area (TPSA) is 38.8 Å². The minimum absolute atomic E-state index is 0.229. The number of carbonyl (C=O) groups excluding carboxylic acids is 1. The van der Waals surface area contributed by atoms with E-state index >= 15 is 0 Å². The Morgan fingerprint density at radius 3 is 2.67 bits per heavy atom. The van der Waals surface area contributed by atoms with Gasteiger partial charge in [-0.05, 0) is 19.9 Å². The van der Waals surface area contributed by atoms with Gasteiger partial charge in [-0.1, -0.05) is 30.4 Å². The van der Waals surface area contributed by atoms with E-state index in [0.29, 0.717) is 5.75 Å². The highest BCUT2D eigenvalue weighted by Crippen LogP contribution is 2.21. The Kier molecular flexibility index (Phi) is 5.39. The number of amides is 1. The molecule has 4 nitrogen and oxygen atoms in total. The molecule has 0 bridgehead atoms. The maximum atomic E-state index is 11.8. The second kappa shape index (κ2) is 6.81. The zero-order valence-corrected chi connectivity index (χ0v) is 11.2. The largest absolute Gasteiger partial charge is 0.480 e. The monoisotopic (exact) mass is 249 g/mol. The van der Waals surface area contributed by atoms with Gasteiger partial charge in [-0.3, -0.25) is 9.63 Å². The summed E-state index contributed by atoms with van der Waals surface area (Å²) in [6.07, 6.45) is 3.27. The van der Waals surface area contributed by atoms with E-state index in [-0.39, 0.29) is 5.91 Å². The fourth-order valence-corrected chi connectivity index (χ4v) is 1.49. The maximum absolute atomic E-state index is 11.8. The summed E-state index contributed by atoms with van der Waals surface area (Å²) < 4.78 is 5.66. The van der Waals surface area contributed by atoms with Gasteiger partial charge in [0.25, 0.3) is 5.91 Å². The van der Waals surface area contributed by atoms with E-state index in [1.165, 1.54) is 7.11 Å². The van der Waals surface area contributed by atoms with E-state index in [1.807, 2.05) is 43.3 Å². The highest BCUT2D eigenvalue weighted by atomic mass is 16.7. The molecule has 0 aliphatic rings. The lowest BCUT2D eigenvalue weighted by Gasteiger charge is -2.20. The quantitative estimate of drug-likeness (QED) is 0.753. The first-order valence-corrected chi connectivity index (χ1v) is 5.80. The predicted octanol–water partition coefficient (Wildman–Crippen LogP) is 2.51. The van der Waals surface area contributed by atoms with Gasteiger partial charge in [-0.25, -0.2) is 5.06 Å². The fraction of sp³-hybridized carbons (Fsp3) is 0.357. The van der Waals surface area contributed by atoms with Crippen molar-refractivity contribution >= 4 is 12.0 Å². The molecule has 1 rings (SSSR count). The van der Waals surface area contributed by atoms with Gasteiger partial charge in [-0.15, -0.1) is 0 Å². The number of ether oxygens (including phenoxy) is 1. The van der Waals surface area contributed by atoms with E-state index in [0.717, 1.165) is 10.6 Å². The summed E-state index contributed by atoms with van der Waals surface area (Å²) in [5.41, 5.74) is 0.944. The Bertz CT molecular complexity index is 429. The molecule has 0 saturated carbocycles. The van der Waals surface area contributed by atoms with Crippen LogP contribution in [0.5, 0.6) is 5.75 Å². The molecule has 1 aromatic carbocycles. The second-order valence-electron chi connectivity index (χ2n) is 3.82. The highest BCUT2D eigenvalue weighted by molar-refractivity contribution is 5.79. The van der Waals surface area contributed by atoms with Gasteiger partial charge in [0.2, 0.25) is 0 Å². The van der Waals surface area contributed by atoms with Crippen molar-refractivity contribution in [1.82, 2.24) is 5.06 Å². The molecule has 0 aliphatic carbocycles. The zero-order chi connectivity index (χ0) is 13.5. The van der Waals surface area contributed by atoms with Gasteiger partial charge in [0.05, 0.1) is 7.11 Å². The number of allylic oxidation sites excluding steroid dienone is 1. The van der Waals surface area contributed by atoms with Gasteiger partial charge in [-0.2, -0.15) is 0 Å². The maximum Gasteiger partial charge on any atom is 0.286 e. The lowest BCUT2D eigenvalue weighted by Crippen LogP contribution is -2.37. The molecule has 0 aromatic heterocycles. The van der Waals surface area contributed by atoms with Gasteiger partial charge in [0.15, 0.2) is 6.10 Å². The van der Waals surface area contributed by atoms with Crippen LogP contribution in [0.15, 0.2) is 30.3 Å². The van der Waals surface area contributed by atoms with Crippen LogP contribution in [0.3, 0.4) is 0 Å². The fourth-order valence-electron chi connectivity index (χ4n) is 1.49. The molecule has 98 valence electrons. The Morgan fingerprint density at radius 1 is 1.39 bits per heavy atom. The minimum atomic E-state index is -0.596. The Balaban J connectivity index is 2.81. The molecule has 18 heavy (non-hydrogen) atoms. The van der Waals surface area contributed by atoms with Crippen LogP contribution in [0, 0.1) is 0 Å². The third-order valence-corrected chi connectivity index (χ3v) is 2.50. The normalized spacial score (nSPS) is 12.4. The molecule has 0 saturated heterocycles. The van der Waals surface area contributed by atoms with Crippen LogP contribution < -0.4 is 4.74 Å². The molecule has 0 heterocycles. The summed E-state index contributed by atoms with van der Waals surface area (Å²) in [7, 11) is 3.00. The molecule has 1 amide bonds. The summed E-state index contributed by atoms with van der Waals surface area (Å²) in [4.78, 5) is 16.6. The molecular weight excluding hydrogens is 230 g/mol. The summed E-state index contributed by atoms with van der Waals surface area (Å²) >= 11 is 0. The number of benzene rings is 1. The molecule has 0 radical (unpaired) electrons. The van der Waals surface area contributed by atoms with Crippen molar-refractivity contribution in [1.29, 1.82) is 0 Å². The molecular formula is C14H19NO3. The van der Waals surface area contributed by atoms with Crippen LogP contribution >= 0.6 is 0 Å². The lowest BCUT2D eigenvalue weighted by molar-refractivity contribution is -0.175. The summed E-state index contributed by atoms with van der Waals surface area (Å²) in [5.74, 6) is 0.453. The van der Waals surface area contributed by atoms with E-state index in [1.54, 1.807) is 14.0 Å². The minimum Gasteiger partial charge on any atom is -0.480 e. The molecule has 0 aliphatic heterocycles. The molecule has 1 unspecified atom stereocenters. The lowest BCUT2D eigenvalue weighted by atomic mass is 10.2. The van der Waals surface area contributed by atoms with Crippen molar-refractivity contribution in [3.63, 3.8) is 0 Å². The van der Waals surface area contributed by atoms with E-state index in [2.05, 4.69) is 0 Å². The standard InChI is InChI=1S/C14H19NO3/c1-5-8-12-9-6-7-10-13(12)18-11(2)14(16)15(3)17-4/h5-11H,1-4H3/b8-5+. The summed E-state index contributed by atoms with van der Waals surface area (Å²) in [5, 5.41) is 1.16. The SMILES string of the molecule is C/C=C/c1ccccc1OC(C)C(=O)N(C)OC. The summed E-state index contributed by atoms with van der Waals surface area (Å²) in [6.45, 7) is 3.63. The Labute approximate surface area is 108 Å². The van der Waals surface area contributed by atoms with E-state index in [9.17, 15) is 4.79 Å². The first-order chi connectivity index (χ1) is 8.60. The van der Waals surface area contributed by atoms with Crippen molar-refractivity contribution in [2.24, 2.45) is 0 Å². The molecule has 0 N–H and O–H groups in total. The van der Waals surface area contributed by atoms with Crippen LogP contribution in [0.4, 0.5) is 0 Å². The van der Waals surface area contributed by atoms with Crippen LogP contribution in [0.1, 0.15) is 19.4 Å². The van der Waals surface area contributed by atoms with Crippen LogP contribution in [-0.2, 0) is 9.63 Å². The van der Waals surface area contributed by atoms with Crippen molar-refractivity contribution < 1.29 is 14.4 Å². The van der Waals surface area contributed by atoms with Crippen molar-refractivity contribution in [3.05, 3.63) is 35.9 Å². The average molecular weight is 249 g/mol. The number of likely N-dealkylation sites (N-methyl/N-ethyl adjacent to an activating group) is 1. The van der Waals surface area contributed by atoms with E-state index < -0.39 is 6.10 Å². The number of carbonyl (C=O) groups is 1. The van der Waals surface area contributed by atoms with Gasteiger partial charge in [0.1, 0.15) is 5.75 Å². The molecule has 0 fully saturated rings. The first-order valence-electron chi connectivity index (χ1n) is 5.80. The number of hydroxylamine groups is 2. The average Bonchev–Trinajstić information content (AvgIpc) is 2.39. The Morgan fingerprint density at radius 2 is 2.06 bits per heavy atom. The molecule has 1 atom stereocenters. The van der Waals surface area contributed by atoms with Crippen LogP contribution in [0.25, 0.3) is 6.08 Å². The van der Waals surface area contributed by atoms with E-state index in [4.69, 9.17) is 9.57 Å². The van der Waals surface area contributed by atoms with Crippen molar-refractivity contribution in [2.45, 2.75) is 20.0 Å². The first kappa shape index (κ1) is 14.3. The third kappa shape index (κ3) is 3.60. The number of rotatable bonds is 5. The zero-order valence-electron chi connectivity index (χ0n) is 11.2. The number of hydrogen-bond donors (Lipinski definition) is 0. The molecule has 1 aromatic rings. The van der Waals surface area contributed by atoms with Crippen molar-refractivity contribution in [2.75, 3.05) is 14.2 Å². The third-order valence-electron chi connectivity index (χ3n) is 2.50. The van der Waals surface area contributed by atoms with Gasteiger partial charge < -0.3 is 4.74 Å². The number of hydrogen-bond acceptors (Lipinski definition) is 3. The number of nitrogens with zero attached hydrogens (tertiary/aromatic N) is 1. The highest BCUT2D eigenvalue weighted by Gasteiger charge is 2.19. The van der Waals surface area contributed by atoms with Gasteiger partial charge in [0, 0.05) is 12.6 Å². The molecule has 0 spiro atoms.